The van der Waals surface area contributed by atoms with Crippen molar-refractivity contribution in [2.24, 2.45) is 7.05 Å². The van der Waals surface area contributed by atoms with E-state index in [2.05, 4.69) is 5.32 Å². The summed E-state index contributed by atoms with van der Waals surface area (Å²) in [7, 11) is 1.72. The third kappa shape index (κ3) is 2.71. The molecule has 0 aliphatic heterocycles. The predicted octanol–water partition coefficient (Wildman–Crippen LogP) is 4.00. The summed E-state index contributed by atoms with van der Waals surface area (Å²) in [6.07, 6.45) is 2.81. The largest absolute Gasteiger partial charge is 0.343 e. The molecule has 0 spiro atoms. The van der Waals surface area contributed by atoms with Crippen molar-refractivity contribution in [1.82, 2.24) is 9.88 Å². The van der Waals surface area contributed by atoms with Crippen molar-refractivity contribution in [3.8, 4) is 0 Å². The fourth-order valence-corrected chi connectivity index (χ4v) is 3.79. The molecule has 1 aromatic heterocycles. The lowest BCUT2D eigenvalue weighted by Gasteiger charge is -2.43. The number of amides is 1. The van der Waals surface area contributed by atoms with Crippen molar-refractivity contribution < 1.29 is 4.79 Å². The summed E-state index contributed by atoms with van der Waals surface area (Å²) >= 11 is 6.00. The van der Waals surface area contributed by atoms with Crippen LogP contribution in [0.3, 0.4) is 0 Å². The molecule has 26 heavy (non-hydrogen) atoms. The highest BCUT2D eigenvalue weighted by atomic mass is 35.5. The number of hydrogen-bond donors (Lipinski definition) is 1. The molecule has 1 aliphatic rings. The van der Waals surface area contributed by atoms with Crippen LogP contribution < -0.4 is 10.9 Å². The van der Waals surface area contributed by atoms with E-state index >= 15 is 0 Å². The number of aryl methyl sites for hydroxylation is 1. The highest BCUT2D eigenvalue weighted by Gasteiger charge is 2.40. The van der Waals surface area contributed by atoms with Gasteiger partial charge in [-0.1, -0.05) is 41.9 Å². The maximum absolute atomic E-state index is 13.1. The fraction of sp³-hybridized carbons (Fsp3) is 0.238. The third-order valence-corrected chi connectivity index (χ3v) is 5.61. The van der Waals surface area contributed by atoms with Crippen LogP contribution in [-0.2, 0) is 12.6 Å². The molecule has 1 saturated carbocycles. The number of nitrogens with zero attached hydrogens (tertiary/aromatic N) is 1. The first-order chi connectivity index (χ1) is 12.5. The van der Waals surface area contributed by atoms with Crippen LogP contribution in [0.5, 0.6) is 0 Å². The molecule has 3 aromatic rings. The van der Waals surface area contributed by atoms with Crippen LogP contribution in [0.25, 0.3) is 10.9 Å². The number of nitrogens with one attached hydrogen (secondary N) is 1. The van der Waals surface area contributed by atoms with Crippen LogP contribution in [0.2, 0.25) is 5.02 Å². The number of pyridine rings is 1. The van der Waals surface area contributed by atoms with Crippen molar-refractivity contribution in [3.63, 3.8) is 0 Å². The van der Waals surface area contributed by atoms with Gasteiger partial charge in [0.2, 0.25) is 0 Å². The average Bonchev–Trinajstić information content (AvgIpc) is 2.62. The number of carbonyl (C=O) groups excluding carboxylic acids is 1. The summed E-state index contributed by atoms with van der Waals surface area (Å²) in [4.78, 5) is 25.4. The fourth-order valence-electron chi connectivity index (χ4n) is 3.67. The van der Waals surface area contributed by atoms with Gasteiger partial charge in [0.05, 0.1) is 16.6 Å². The minimum atomic E-state index is -0.385. The third-order valence-electron chi connectivity index (χ3n) is 5.36. The number of rotatable bonds is 3. The number of carbonyl (C=O) groups is 1. The van der Waals surface area contributed by atoms with Gasteiger partial charge in [0.15, 0.2) is 0 Å². The molecule has 0 radical (unpaired) electrons. The van der Waals surface area contributed by atoms with Crippen molar-refractivity contribution >= 4 is 28.4 Å². The Morgan fingerprint density at radius 3 is 2.46 bits per heavy atom. The van der Waals surface area contributed by atoms with Gasteiger partial charge in [-0.15, -0.1) is 0 Å². The Hall–Kier alpha value is -2.59. The molecule has 132 valence electrons. The van der Waals surface area contributed by atoms with Gasteiger partial charge in [0.25, 0.3) is 11.5 Å². The number of aromatic nitrogens is 1. The maximum atomic E-state index is 13.1. The van der Waals surface area contributed by atoms with Gasteiger partial charge in [-0.3, -0.25) is 9.59 Å². The lowest BCUT2D eigenvalue weighted by Crippen LogP contribution is -2.51. The first kappa shape index (κ1) is 16.9. The molecule has 1 fully saturated rings. The molecule has 0 atom stereocenters. The molecule has 4 rings (SSSR count). The van der Waals surface area contributed by atoms with Gasteiger partial charge in [-0.25, -0.2) is 0 Å². The molecular weight excluding hydrogens is 348 g/mol. The summed E-state index contributed by atoms with van der Waals surface area (Å²) in [5.74, 6) is -0.214. The highest BCUT2D eigenvalue weighted by molar-refractivity contribution is 6.30. The normalized spacial score (nSPS) is 15.5. The predicted molar refractivity (Wildman–Crippen MR) is 104 cm³/mol. The van der Waals surface area contributed by atoms with Crippen LogP contribution in [-0.4, -0.2) is 10.5 Å². The number of hydrogen-bond acceptors (Lipinski definition) is 2. The molecule has 2 aromatic carbocycles. The van der Waals surface area contributed by atoms with Crippen molar-refractivity contribution in [1.29, 1.82) is 0 Å². The SMILES string of the molecule is Cn1c(=O)cc(C(=O)NC2(c3ccc(Cl)cc3)CCC2)c2ccccc21. The van der Waals surface area contributed by atoms with E-state index in [9.17, 15) is 9.59 Å². The first-order valence-corrected chi connectivity index (χ1v) is 9.05. The van der Waals surface area contributed by atoms with Gasteiger partial charge in [0, 0.05) is 23.5 Å². The van der Waals surface area contributed by atoms with Crippen LogP contribution in [0.15, 0.2) is 59.4 Å². The number of halogens is 1. The zero-order valence-corrected chi connectivity index (χ0v) is 15.2. The number of benzene rings is 2. The summed E-state index contributed by atoms with van der Waals surface area (Å²) in [5, 5.41) is 4.64. The van der Waals surface area contributed by atoms with Crippen molar-refractivity contribution in [2.75, 3.05) is 0 Å². The van der Waals surface area contributed by atoms with Crippen molar-refractivity contribution in [2.45, 2.75) is 24.8 Å². The van der Waals surface area contributed by atoms with E-state index in [0.717, 1.165) is 35.7 Å². The summed E-state index contributed by atoms with van der Waals surface area (Å²) < 4.78 is 1.56. The van der Waals surface area contributed by atoms with Gasteiger partial charge < -0.3 is 9.88 Å². The van der Waals surface area contributed by atoms with Crippen LogP contribution in [0.1, 0.15) is 35.2 Å². The lowest BCUT2D eigenvalue weighted by molar-refractivity contribution is 0.0825. The first-order valence-electron chi connectivity index (χ1n) is 8.67. The van der Waals surface area contributed by atoms with E-state index in [1.54, 1.807) is 11.6 Å². The molecule has 1 aliphatic carbocycles. The van der Waals surface area contributed by atoms with E-state index in [0.29, 0.717) is 10.6 Å². The second-order valence-electron chi connectivity index (χ2n) is 6.87. The number of para-hydroxylation sites is 1. The Bertz CT molecular complexity index is 1050. The van der Waals surface area contributed by atoms with E-state index in [1.165, 1.54) is 6.07 Å². The lowest BCUT2D eigenvalue weighted by atomic mass is 9.71. The summed E-state index contributed by atoms with van der Waals surface area (Å²) in [6.45, 7) is 0. The van der Waals surface area contributed by atoms with Crippen LogP contribution in [0, 0.1) is 0 Å². The molecule has 1 heterocycles. The standard InChI is InChI=1S/C21H19ClN2O2/c1-24-18-6-3-2-5-16(18)17(13-19(24)25)20(26)23-21(11-4-12-21)14-7-9-15(22)10-8-14/h2-3,5-10,13H,4,11-12H2,1H3,(H,23,26). The van der Waals surface area contributed by atoms with Crippen LogP contribution in [0.4, 0.5) is 0 Å². The Labute approximate surface area is 156 Å². The van der Waals surface area contributed by atoms with E-state index in [4.69, 9.17) is 11.6 Å². The van der Waals surface area contributed by atoms with Gasteiger partial charge in [-0.2, -0.15) is 0 Å². The minimum Gasteiger partial charge on any atom is -0.343 e. The maximum Gasteiger partial charge on any atom is 0.252 e. The zero-order valence-electron chi connectivity index (χ0n) is 14.5. The molecule has 4 nitrogen and oxygen atoms in total. The Balaban J connectivity index is 1.75. The molecule has 0 unspecified atom stereocenters. The Morgan fingerprint density at radius 2 is 1.81 bits per heavy atom. The van der Waals surface area contributed by atoms with Gasteiger partial charge >= 0.3 is 0 Å². The average molecular weight is 367 g/mol. The molecule has 1 amide bonds. The van der Waals surface area contributed by atoms with Gasteiger partial charge in [-0.05, 0) is 43.0 Å². The zero-order chi connectivity index (χ0) is 18.3. The highest BCUT2D eigenvalue weighted by Crippen LogP contribution is 2.41. The topological polar surface area (TPSA) is 51.1 Å². The summed E-state index contributed by atoms with van der Waals surface area (Å²) in [5.41, 5.74) is 1.64. The minimum absolute atomic E-state index is 0.192. The van der Waals surface area contributed by atoms with Crippen LogP contribution >= 0.6 is 11.6 Å². The monoisotopic (exact) mass is 366 g/mol. The molecular formula is C21H19ClN2O2. The van der Waals surface area contributed by atoms with E-state index in [-0.39, 0.29) is 17.0 Å². The molecule has 5 heteroatoms. The number of fused-ring (bicyclic) bond motifs is 1. The Kier molecular flexibility index (Phi) is 4.08. The second kappa shape index (κ2) is 6.29. The van der Waals surface area contributed by atoms with E-state index in [1.807, 2.05) is 48.5 Å². The Morgan fingerprint density at radius 1 is 1.12 bits per heavy atom. The molecule has 0 saturated heterocycles. The second-order valence-corrected chi connectivity index (χ2v) is 7.31. The molecule has 1 N–H and O–H groups in total. The van der Waals surface area contributed by atoms with Gasteiger partial charge in [0.1, 0.15) is 0 Å². The van der Waals surface area contributed by atoms with Crippen molar-refractivity contribution in [3.05, 3.63) is 81.1 Å². The van der Waals surface area contributed by atoms with E-state index < -0.39 is 0 Å². The quantitative estimate of drug-likeness (QED) is 0.761. The smallest absolute Gasteiger partial charge is 0.252 e. The molecule has 0 bridgehead atoms. The summed E-state index contributed by atoms with van der Waals surface area (Å²) in [6, 6.07) is 16.5.